The zero-order valence-electron chi connectivity index (χ0n) is 7.86. The maximum atomic E-state index is 10.7. The van der Waals surface area contributed by atoms with Gasteiger partial charge in [0, 0.05) is 0 Å². The summed E-state index contributed by atoms with van der Waals surface area (Å²) in [5.41, 5.74) is 1.05. The molecule has 1 heterocycles. The van der Waals surface area contributed by atoms with E-state index in [1.165, 1.54) is 6.07 Å². The first kappa shape index (κ1) is 9.52. The zero-order valence-corrected chi connectivity index (χ0v) is 8.67. The highest BCUT2D eigenvalue weighted by molar-refractivity contribution is 7.99. The van der Waals surface area contributed by atoms with E-state index in [1.807, 2.05) is 12.3 Å². The van der Waals surface area contributed by atoms with E-state index in [1.54, 1.807) is 17.8 Å². The van der Waals surface area contributed by atoms with Gasteiger partial charge in [-0.05, 0) is 31.2 Å². The van der Waals surface area contributed by atoms with Crippen molar-refractivity contribution in [3.05, 3.63) is 29.6 Å². The molecule has 0 saturated heterocycles. The molecule has 1 saturated carbocycles. The highest BCUT2D eigenvalue weighted by atomic mass is 32.2. The fraction of sp³-hybridized carbons (Fsp3) is 0.400. The van der Waals surface area contributed by atoms with Crippen molar-refractivity contribution in [1.29, 1.82) is 0 Å². The minimum atomic E-state index is -0.955. The lowest BCUT2D eigenvalue weighted by atomic mass is 10.2. The molecule has 1 aliphatic carbocycles. The molecular formula is C10H11NO2S. The number of carbonyl (C=O) groups is 1. The molecule has 0 spiro atoms. The lowest BCUT2D eigenvalue weighted by Gasteiger charge is -2.11. The fourth-order valence-corrected chi connectivity index (χ4v) is 2.32. The Balaban J connectivity index is 2.36. The van der Waals surface area contributed by atoms with Gasteiger partial charge in [-0.3, -0.25) is 0 Å². The number of carboxylic acid groups (broad SMARTS) is 1. The van der Waals surface area contributed by atoms with Gasteiger partial charge in [0.25, 0.3) is 0 Å². The molecule has 1 fully saturated rings. The molecule has 1 aromatic rings. The zero-order chi connectivity index (χ0) is 10.2. The minimum Gasteiger partial charge on any atom is -0.477 e. The molecule has 0 aliphatic heterocycles. The van der Waals surface area contributed by atoms with Crippen LogP contribution < -0.4 is 0 Å². The van der Waals surface area contributed by atoms with Crippen LogP contribution in [0.5, 0.6) is 0 Å². The number of hydrogen-bond donors (Lipinski definition) is 1. The SMILES string of the molecule is CSC1(c2cccc(C(=O)O)n2)CC1. The van der Waals surface area contributed by atoms with Crippen LogP contribution in [-0.2, 0) is 4.75 Å². The Bertz CT molecular complexity index is 374. The summed E-state index contributed by atoms with van der Waals surface area (Å²) in [7, 11) is 0. The van der Waals surface area contributed by atoms with Crippen LogP contribution >= 0.6 is 11.8 Å². The molecule has 0 radical (unpaired) electrons. The molecule has 0 atom stereocenters. The highest BCUT2D eigenvalue weighted by Crippen LogP contribution is 2.55. The molecule has 4 heteroatoms. The Labute approximate surface area is 86.5 Å². The lowest BCUT2D eigenvalue weighted by Crippen LogP contribution is -2.08. The third-order valence-electron chi connectivity index (χ3n) is 2.53. The average Bonchev–Trinajstić information content (AvgIpc) is 2.98. The van der Waals surface area contributed by atoms with Gasteiger partial charge in [0.15, 0.2) is 0 Å². The van der Waals surface area contributed by atoms with Crippen LogP contribution in [0.15, 0.2) is 18.2 Å². The van der Waals surface area contributed by atoms with Crippen molar-refractivity contribution in [3.8, 4) is 0 Å². The van der Waals surface area contributed by atoms with Crippen LogP contribution in [0, 0.1) is 0 Å². The van der Waals surface area contributed by atoms with Gasteiger partial charge in [-0.2, -0.15) is 11.8 Å². The van der Waals surface area contributed by atoms with Crippen molar-refractivity contribution < 1.29 is 9.90 Å². The Morgan fingerprint density at radius 1 is 1.57 bits per heavy atom. The summed E-state index contributed by atoms with van der Waals surface area (Å²) in [5.74, 6) is -0.955. The number of aromatic carboxylic acids is 1. The number of aromatic nitrogens is 1. The van der Waals surface area contributed by atoms with Crippen LogP contribution in [0.1, 0.15) is 29.0 Å². The number of carboxylic acids is 1. The van der Waals surface area contributed by atoms with Crippen LogP contribution in [0.4, 0.5) is 0 Å². The maximum Gasteiger partial charge on any atom is 0.354 e. The number of pyridine rings is 1. The molecule has 0 aromatic carbocycles. The molecule has 0 bridgehead atoms. The molecule has 0 unspecified atom stereocenters. The van der Waals surface area contributed by atoms with E-state index in [9.17, 15) is 4.79 Å². The van der Waals surface area contributed by atoms with Crippen LogP contribution in [0.25, 0.3) is 0 Å². The van der Waals surface area contributed by atoms with Crippen LogP contribution in [0.3, 0.4) is 0 Å². The Kier molecular flexibility index (Phi) is 2.23. The average molecular weight is 209 g/mol. The lowest BCUT2D eigenvalue weighted by molar-refractivity contribution is 0.0690. The van der Waals surface area contributed by atoms with Crippen LogP contribution in [-0.4, -0.2) is 22.3 Å². The van der Waals surface area contributed by atoms with E-state index < -0.39 is 5.97 Å². The van der Waals surface area contributed by atoms with Gasteiger partial charge in [0.1, 0.15) is 5.69 Å². The van der Waals surface area contributed by atoms with E-state index >= 15 is 0 Å². The normalized spacial score (nSPS) is 17.8. The molecule has 3 nitrogen and oxygen atoms in total. The third-order valence-corrected chi connectivity index (χ3v) is 3.93. The summed E-state index contributed by atoms with van der Waals surface area (Å²) in [6.07, 6.45) is 4.25. The summed E-state index contributed by atoms with van der Waals surface area (Å²) in [4.78, 5) is 14.9. The number of thioether (sulfide) groups is 1. The maximum absolute atomic E-state index is 10.7. The van der Waals surface area contributed by atoms with Crippen molar-refractivity contribution >= 4 is 17.7 Å². The van der Waals surface area contributed by atoms with E-state index in [0.717, 1.165) is 18.5 Å². The van der Waals surface area contributed by atoms with E-state index in [-0.39, 0.29) is 10.4 Å². The first-order valence-electron chi connectivity index (χ1n) is 4.44. The highest BCUT2D eigenvalue weighted by Gasteiger charge is 2.45. The number of rotatable bonds is 3. The van der Waals surface area contributed by atoms with E-state index in [2.05, 4.69) is 4.98 Å². The first-order valence-corrected chi connectivity index (χ1v) is 5.66. The topological polar surface area (TPSA) is 50.2 Å². The summed E-state index contributed by atoms with van der Waals surface area (Å²) in [5, 5.41) is 8.80. The van der Waals surface area contributed by atoms with Crippen molar-refractivity contribution in [1.82, 2.24) is 4.98 Å². The second kappa shape index (κ2) is 3.28. The van der Waals surface area contributed by atoms with Gasteiger partial charge in [-0.1, -0.05) is 6.07 Å². The van der Waals surface area contributed by atoms with Crippen molar-refractivity contribution in [2.24, 2.45) is 0 Å². The van der Waals surface area contributed by atoms with Crippen molar-refractivity contribution in [2.75, 3.05) is 6.26 Å². The second-order valence-corrected chi connectivity index (χ2v) is 4.60. The molecule has 1 aromatic heterocycles. The largest absolute Gasteiger partial charge is 0.477 e. The number of nitrogens with zero attached hydrogens (tertiary/aromatic N) is 1. The first-order chi connectivity index (χ1) is 6.68. The van der Waals surface area contributed by atoms with Crippen molar-refractivity contribution in [2.45, 2.75) is 17.6 Å². The van der Waals surface area contributed by atoms with Gasteiger partial charge in [-0.15, -0.1) is 0 Å². The summed E-state index contributed by atoms with van der Waals surface area (Å²) >= 11 is 1.76. The van der Waals surface area contributed by atoms with Gasteiger partial charge >= 0.3 is 5.97 Å². The molecule has 14 heavy (non-hydrogen) atoms. The molecule has 74 valence electrons. The smallest absolute Gasteiger partial charge is 0.354 e. The summed E-state index contributed by atoms with van der Waals surface area (Å²) in [6.45, 7) is 0. The Hall–Kier alpha value is -1.03. The standard InChI is InChI=1S/C10H11NO2S/c1-14-10(5-6-10)8-4-2-3-7(11-8)9(12)13/h2-4H,5-6H2,1H3,(H,12,13). The third kappa shape index (κ3) is 1.50. The van der Waals surface area contributed by atoms with E-state index in [4.69, 9.17) is 5.11 Å². The predicted octanol–water partition coefficient (Wildman–Crippen LogP) is 2.13. The Morgan fingerprint density at radius 3 is 2.79 bits per heavy atom. The molecule has 1 N–H and O–H groups in total. The quantitative estimate of drug-likeness (QED) is 0.828. The molecular weight excluding hydrogens is 198 g/mol. The predicted molar refractivity (Wildman–Crippen MR) is 55.6 cm³/mol. The van der Waals surface area contributed by atoms with Gasteiger partial charge in [0.2, 0.25) is 0 Å². The minimum absolute atomic E-state index is 0.103. The number of hydrogen-bond acceptors (Lipinski definition) is 3. The molecule has 1 aliphatic rings. The monoisotopic (exact) mass is 209 g/mol. The van der Waals surface area contributed by atoms with Gasteiger partial charge < -0.3 is 5.11 Å². The summed E-state index contributed by atoms with van der Waals surface area (Å²) < 4.78 is 0.103. The molecule has 2 rings (SSSR count). The van der Waals surface area contributed by atoms with Crippen molar-refractivity contribution in [3.63, 3.8) is 0 Å². The summed E-state index contributed by atoms with van der Waals surface area (Å²) in [6, 6.07) is 5.21. The van der Waals surface area contributed by atoms with Gasteiger partial charge in [0.05, 0.1) is 10.4 Å². The molecule has 0 amide bonds. The Morgan fingerprint density at radius 2 is 2.29 bits per heavy atom. The van der Waals surface area contributed by atoms with Crippen LogP contribution in [0.2, 0.25) is 0 Å². The van der Waals surface area contributed by atoms with Gasteiger partial charge in [-0.25, -0.2) is 9.78 Å². The second-order valence-electron chi connectivity index (χ2n) is 3.41. The van der Waals surface area contributed by atoms with E-state index in [0.29, 0.717) is 0 Å². The fourth-order valence-electron chi connectivity index (χ4n) is 1.49.